The maximum absolute atomic E-state index is 14.0. The van der Waals surface area contributed by atoms with E-state index >= 15 is 0 Å². The van der Waals surface area contributed by atoms with Gasteiger partial charge in [-0.05, 0) is 80.7 Å². The van der Waals surface area contributed by atoms with Crippen LogP contribution in [0.4, 0.5) is 19.2 Å². The smallest absolute Gasteiger partial charge is 0.425 e. The number of piperidine rings is 1. The molecule has 2 aliphatic heterocycles. The summed E-state index contributed by atoms with van der Waals surface area (Å²) in [4.78, 5) is 82.7. The number of amides is 6. The van der Waals surface area contributed by atoms with E-state index in [2.05, 4.69) is 0 Å². The molecule has 2 fully saturated rings. The Morgan fingerprint density at radius 1 is 0.791 bits per heavy atom. The molecule has 13 heteroatoms. The molecule has 0 N–H and O–H groups in total. The monoisotopic (exact) mass is 603 g/mol. The quantitative estimate of drug-likeness (QED) is 0.262. The number of ether oxygens (including phenoxy) is 4. The molecule has 2 atom stereocenters. The standard InChI is InChI=1S/C30H41N3O10/c1-27(2,3)41-21(34)20-15-16-30(18-31(20)24(37)40-17-19-13-11-10-12-14-19)22(35)32(25(38)42-28(4,5)6)23(36)33(30)26(39)43-29(7,8)9/h10-14,20H,15-18H2,1-9H3/t20-,30+/m0/s1. The van der Waals surface area contributed by atoms with E-state index in [0.29, 0.717) is 10.5 Å². The van der Waals surface area contributed by atoms with Crippen LogP contribution < -0.4 is 0 Å². The predicted molar refractivity (Wildman–Crippen MR) is 151 cm³/mol. The number of urea groups is 1. The number of hydrogen-bond acceptors (Lipinski definition) is 10. The van der Waals surface area contributed by atoms with E-state index < -0.39 is 71.1 Å². The summed E-state index contributed by atoms with van der Waals surface area (Å²) >= 11 is 0. The Morgan fingerprint density at radius 2 is 1.33 bits per heavy atom. The summed E-state index contributed by atoms with van der Waals surface area (Å²) in [6.45, 7) is 13.5. The minimum absolute atomic E-state index is 0.156. The molecule has 13 nitrogen and oxygen atoms in total. The van der Waals surface area contributed by atoms with Gasteiger partial charge in [-0.2, -0.15) is 4.90 Å². The Bertz CT molecular complexity index is 1280. The van der Waals surface area contributed by atoms with Gasteiger partial charge in [0.25, 0.3) is 5.91 Å². The second-order valence-corrected chi connectivity index (χ2v) is 13.5. The number of imide groups is 4. The van der Waals surface area contributed by atoms with E-state index in [1.165, 1.54) is 0 Å². The minimum Gasteiger partial charge on any atom is -0.458 e. The van der Waals surface area contributed by atoms with Crippen molar-refractivity contribution >= 4 is 36.2 Å². The van der Waals surface area contributed by atoms with Gasteiger partial charge in [0.2, 0.25) is 0 Å². The maximum atomic E-state index is 14.0. The fourth-order valence-electron chi connectivity index (χ4n) is 4.67. The Kier molecular flexibility index (Phi) is 9.19. The molecule has 0 aromatic heterocycles. The number of carbonyl (C=O) groups is 6. The zero-order valence-corrected chi connectivity index (χ0v) is 26.2. The molecule has 1 spiro atoms. The van der Waals surface area contributed by atoms with Gasteiger partial charge < -0.3 is 18.9 Å². The molecule has 0 aliphatic carbocycles. The number of benzene rings is 1. The van der Waals surface area contributed by atoms with E-state index in [9.17, 15) is 28.8 Å². The van der Waals surface area contributed by atoms with Gasteiger partial charge in [-0.25, -0.2) is 28.9 Å². The first kappa shape index (κ1) is 33.3. The van der Waals surface area contributed by atoms with Gasteiger partial charge >= 0.3 is 30.3 Å². The molecule has 0 saturated carbocycles. The van der Waals surface area contributed by atoms with E-state index in [4.69, 9.17) is 18.9 Å². The average molecular weight is 604 g/mol. The molecule has 2 saturated heterocycles. The largest absolute Gasteiger partial charge is 0.458 e. The lowest BCUT2D eigenvalue weighted by Crippen LogP contribution is -2.66. The lowest BCUT2D eigenvalue weighted by atomic mass is 9.84. The first-order valence-electron chi connectivity index (χ1n) is 14.0. The van der Waals surface area contributed by atoms with Crippen LogP contribution in [-0.2, 0) is 35.1 Å². The van der Waals surface area contributed by atoms with E-state index in [1.807, 2.05) is 0 Å². The lowest BCUT2D eigenvalue weighted by molar-refractivity contribution is -0.164. The first-order valence-corrected chi connectivity index (χ1v) is 14.0. The third-order valence-electron chi connectivity index (χ3n) is 6.32. The van der Waals surface area contributed by atoms with Crippen molar-refractivity contribution in [1.82, 2.24) is 14.7 Å². The summed E-state index contributed by atoms with van der Waals surface area (Å²) in [5.41, 5.74) is -4.49. The Hall–Kier alpha value is -4.16. The number of carbonyl (C=O) groups excluding carboxylic acids is 6. The third kappa shape index (κ3) is 7.82. The van der Waals surface area contributed by atoms with Crippen LogP contribution in [0, 0.1) is 0 Å². The van der Waals surface area contributed by atoms with Crippen LogP contribution in [0.1, 0.15) is 80.7 Å². The number of esters is 1. The molecule has 2 aliphatic rings. The topological polar surface area (TPSA) is 149 Å². The van der Waals surface area contributed by atoms with Crippen LogP contribution in [0.25, 0.3) is 0 Å². The maximum Gasteiger partial charge on any atom is 0.425 e. The highest BCUT2D eigenvalue weighted by molar-refractivity contribution is 6.21. The van der Waals surface area contributed by atoms with E-state index in [1.54, 1.807) is 92.6 Å². The van der Waals surface area contributed by atoms with Gasteiger partial charge in [-0.15, -0.1) is 0 Å². The Labute approximate surface area is 251 Å². The molecule has 6 amide bonds. The van der Waals surface area contributed by atoms with Crippen LogP contribution in [0.15, 0.2) is 30.3 Å². The van der Waals surface area contributed by atoms with Crippen LogP contribution in [0.5, 0.6) is 0 Å². The van der Waals surface area contributed by atoms with Gasteiger partial charge in [-0.3, -0.25) is 9.69 Å². The molecule has 236 valence electrons. The Balaban J connectivity index is 2.06. The SMILES string of the molecule is CC(C)(C)OC(=O)[C@@H]1CC[C@@]2(CN1C(=O)OCc1ccccc1)C(=O)N(C(=O)OC(C)(C)C)C(=O)N2C(=O)OC(C)(C)C. The van der Waals surface area contributed by atoms with Gasteiger partial charge in [0.1, 0.15) is 29.5 Å². The highest BCUT2D eigenvalue weighted by atomic mass is 16.6. The molecular weight excluding hydrogens is 562 g/mol. The summed E-state index contributed by atoms with van der Waals surface area (Å²) in [7, 11) is 0. The van der Waals surface area contributed by atoms with Crippen LogP contribution in [-0.4, -0.2) is 85.8 Å². The lowest BCUT2D eigenvalue weighted by Gasteiger charge is -2.44. The number of rotatable bonds is 3. The zero-order valence-electron chi connectivity index (χ0n) is 26.2. The highest BCUT2D eigenvalue weighted by Gasteiger charge is 2.66. The molecular formula is C30H41N3O10. The summed E-state index contributed by atoms with van der Waals surface area (Å²) in [5.74, 6) is -1.86. The van der Waals surface area contributed by atoms with Crippen molar-refractivity contribution < 1.29 is 47.7 Å². The molecule has 2 heterocycles. The first-order chi connectivity index (χ1) is 19.7. The summed E-state index contributed by atoms with van der Waals surface area (Å²) < 4.78 is 21.8. The fourth-order valence-corrected chi connectivity index (χ4v) is 4.67. The van der Waals surface area contributed by atoms with Crippen molar-refractivity contribution in [3.8, 4) is 0 Å². The second-order valence-electron chi connectivity index (χ2n) is 13.5. The Morgan fingerprint density at radius 3 is 1.86 bits per heavy atom. The normalized spacial score (nSPS) is 21.1. The fraction of sp³-hybridized carbons (Fsp3) is 0.600. The number of likely N-dealkylation sites (tertiary alicyclic amines) is 1. The van der Waals surface area contributed by atoms with Crippen molar-refractivity contribution in [2.24, 2.45) is 0 Å². The van der Waals surface area contributed by atoms with Crippen molar-refractivity contribution in [3.05, 3.63) is 35.9 Å². The summed E-state index contributed by atoms with van der Waals surface area (Å²) in [6, 6.07) is 6.28. The zero-order chi connectivity index (χ0) is 32.5. The van der Waals surface area contributed by atoms with Crippen LogP contribution in [0.2, 0.25) is 0 Å². The van der Waals surface area contributed by atoms with E-state index in [0.717, 1.165) is 4.90 Å². The summed E-state index contributed by atoms with van der Waals surface area (Å²) in [6.07, 6.45) is -3.96. The highest BCUT2D eigenvalue weighted by Crippen LogP contribution is 2.40. The molecule has 1 aromatic carbocycles. The van der Waals surface area contributed by atoms with Gasteiger partial charge in [-0.1, -0.05) is 30.3 Å². The van der Waals surface area contributed by atoms with Gasteiger partial charge in [0, 0.05) is 0 Å². The van der Waals surface area contributed by atoms with Crippen molar-refractivity contribution in [2.45, 2.75) is 110 Å². The van der Waals surface area contributed by atoms with Crippen molar-refractivity contribution in [3.63, 3.8) is 0 Å². The second kappa shape index (κ2) is 11.8. The molecule has 1 aromatic rings. The third-order valence-corrected chi connectivity index (χ3v) is 6.32. The molecule has 43 heavy (non-hydrogen) atoms. The number of nitrogens with zero attached hydrogens (tertiary/aromatic N) is 3. The average Bonchev–Trinajstić information content (AvgIpc) is 3.05. The molecule has 0 radical (unpaired) electrons. The van der Waals surface area contributed by atoms with Crippen LogP contribution in [0.3, 0.4) is 0 Å². The van der Waals surface area contributed by atoms with Gasteiger partial charge in [0.15, 0.2) is 5.54 Å². The van der Waals surface area contributed by atoms with Crippen molar-refractivity contribution in [1.29, 1.82) is 0 Å². The van der Waals surface area contributed by atoms with Crippen molar-refractivity contribution in [2.75, 3.05) is 6.54 Å². The van der Waals surface area contributed by atoms with E-state index in [-0.39, 0.29) is 24.3 Å². The molecule has 0 unspecified atom stereocenters. The molecule has 3 rings (SSSR count). The number of hydrogen-bond donors (Lipinski definition) is 0. The predicted octanol–water partition coefficient (Wildman–Crippen LogP) is 5.00. The van der Waals surface area contributed by atoms with Gasteiger partial charge in [0.05, 0.1) is 6.54 Å². The van der Waals surface area contributed by atoms with Crippen LogP contribution >= 0.6 is 0 Å². The summed E-state index contributed by atoms with van der Waals surface area (Å²) in [5, 5.41) is 0. The molecule has 0 bridgehead atoms. The minimum atomic E-state index is -2.10.